The first-order valence-corrected chi connectivity index (χ1v) is 13.6. The van der Waals surface area contributed by atoms with Crippen molar-refractivity contribution >= 4 is 51.6 Å². The summed E-state index contributed by atoms with van der Waals surface area (Å²) < 4.78 is 23.2. The number of thioether (sulfide) groups is 1. The molecule has 1 aromatic carbocycles. The average molecular weight is 562 g/mol. The van der Waals surface area contributed by atoms with Crippen molar-refractivity contribution in [3.8, 4) is 0 Å². The van der Waals surface area contributed by atoms with Crippen LogP contribution in [0.3, 0.4) is 0 Å². The molecule has 16 heteroatoms. The molecule has 0 unspecified atom stereocenters. The Bertz CT molecular complexity index is 1240. The minimum absolute atomic E-state index is 0. The topological polar surface area (TPSA) is 176 Å². The van der Waals surface area contributed by atoms with Crippen molar-refractivity contribution in [3.05, 3.63) is 35.9 Å². The van der Waals surface area contributed by atoms with Gasteiger partial charge in [-0.3, -0.25) is 9.59 Å². The van der Waals surface area contributed by atoms with Gasteiger partial charge in [-0.05, 0) is 19.4 Å². The van der Waals surface area contributed by atoms with Gasteiger partial charge in [0.15, 0.2) is 0 Å². The molecule has 4 atom stereocenters. The standard InChI is InChI=1S/C21H25N5O8S2.Na/c1-21(2)14(18(29)30)26-16(28)13(17(26)35-21)22-15(27)12(11-7-5-4-6-8-11)23-19(31)24-9-10-25(20(24)32)36(3,33)34;/h4-8,12-14,17H,9-10H2,1-3H3,(H,22,27)(H,23,31)(H,29,30);/q;+1/p-1/t12-,13+,14+,17+;/m0./s1. The zero-order chi connectivity index (χ0) is 26.6. The van der Waals surface area contributed by atoms with Gasteiger partial charge in [-0.25, -0.2) is 27.2 Å². The predicted molar refractivity (Wildman–Crippen MR) is 124 cm³/mol. The minimum atomic E-state index is -3.87. The third-order valence-corrected chi connectivity index (χ3v) is 8.95. The molecule has 6 amide bonds. The number of carbonyl (C=O) groups excluding carboxylic acids is 5. The zero-order valence-corrected chi connectivity index (χ0v) is 24.2. The second-order valence-electron chi connectivity index (χ2n) is 9.13. The third kappa shape index (κ3) is 5.32. The van der Waals surface area contributed by atoms with Crippen molar-refractivity contribution in [1.82, 2.24) is 24.7 Å². The number of hydrogen-bond donors (Lipinski definition) is 2. The van der Waals surface area contributed by atoms with Crippen molar-refractivity contribution in [2.45, 2.75) is 42.1 Å². The summed E-state index contributed by atoms with van der Waals surface area (Å²) in [6.07, 6.45) is 0.846. The van der Waals surface area contributed by atoms with E-state index < -0.39 is 68.1 Å². The van der Waals surface area contributed by atoms with Gasteiger partial charge in [0.25, 0.3) is 0 Å². The molecular weight excluding hydrogens is 537 g/mol. The van der Waals surface area contributed by atoms with Crippen molar-refractivity contribution in [1.29, 1.82) is 0 Å². The van der Waals surface area contributed by atoms with Crippen LogP contribution in [0.15, 0.2) is 30.3 Å². The van der Waals surface area contributed by atoms with Crippen molar-refractivity contribution in [2.24, 2.45) is 0 Å². The number of aliphatic carboxylic acids is 1. The normalized spacial score (nSPS) is 25.1. The summed E-state index contributed by atoms with van der Waals surface area (Å²) in [6, 6.07) is 2.56. The van der Waals surface area contributed by atoms with Crippen LogP contribution in [0.1, 0.15) is 25.5 Å². The van der Waals surface area contributed by atoms with E-state index in [1.165, 1.54) is 16.7 Å². The Morgan fingerprint density at radius 1 is 1.14 bits per heavy atom. The summed E-state index contributed by atoms with van der Waals surface area (Å²) >= 11 is 1.22. The molecule has 0 aliphatic carbocycles. The molecule has 194 valence electrons. The van der Waals surface area contributed by atoms with Crippen LogP contribution in [-0.2, 0) is 24.4 Å². The first kappa shape index (κ1) is 29.2. The molecule has 2 N–H and O–H groups in total. The number of carboxylic acids is 1. The van der Waals surface area contributed by atoms with Crippen LogP contribution in [0.5, 0.6) is 0 Å². The molecule has 3 fully saturated rings. The smallest absolute Gasteiger partial charge is 0.548 e. The third-order valence-electron chi connectivity index (χ3n) is 6.24. The van der Waals surface area contributed by atoms with E-state index in [4.69, 9.17) is 0 Å². The minimum Gasteiger partial charge on any atom is -0.548 e. The number of amides is 6. The second kappa shape index (κ2) is 10.4. The van der Waals surface area contributed by atoms with Gasteiger partial charge in [-0.1, -0.05) is 30.3 Å². The number of carbonyl (C=O) groups is 5. The van der Waals surface area contributed by atoms with E-state index in [0.717, 1.165) is 6.26 Å². The maximum atomic E-state index is 13.3. The van der Waals surface area contributed by atoms with E-state index >= 15 is 0 Å². The zero-order valence-electron chi connectivity index (χ0n) is 20.5. The van der Waals surface area contributed by atoms with Crippen LogP contribution in [0.2, 0.25) is 0 Å². The van der Waals surface area contributed by atoms with Gasteiger partial charge in [0.05, 0.1) is 31.4 Å². The van der Waals surface area contributed by atoms with Crippen molar-refractivity contribution in [3.63, 3.8) is 0 Å². The number of benzene rings is 1. The van der Waals surface area contributed by atoms with E-state index in [9.17, 15) is 37.5 Å². The maximum absolute atomic E-state index is 13.3. The van der Waals surface area contributed by atoms with Gasteiger partial charge in [0.1, 0.15) is 17.5 Å². The van der Waals surface area contributed by atoms with E-state index in [1.807, 2.05) is 0 Å². The fraction of sp³-hybridized carbons (Fsp3) is 0.476. The molecule has 4 rings (SSSR count). The monoisotopic (exact) mass is 561 g/mol. The molecule has 0 aromatic heterocycles. The quantitative estimate of drug-likeness (QED) is 0.256. The van der Waals surface area contributed by atoms with Gasteiger partial charge in [0, 0.05) is 4.75 Å². The van der Waals surface area contributed by atoms with Crippen LogP contribution in [-0.4, -0.2) is 93.9 Å². The van der Waals surface area contributed by atoms with Crippen molar-refractivity contribution in [2.75, 3.05) is 19.3 Å². The van der Waals surface area contributed by atoms with Gasteiger partial charge >= 0.3 is 41.6 Å². The molecule has 3 aliphatic heterocycles. The number of nitrogens with zero attached hydrogens (tertiary/aromatic N) is 3. The Morgan fingerprint density at radius 2 is 1.76 bits per heavy atom. The molecular formula is C21H24N5NaO8S2. The summed E-state index contributed by atoms with van der Waals surface area (Å²) in [5.74, 6) is -2.73. The van der Waals surface area contributed by atoms with E-state index in [1.54, 1.807) is 44.2 Å². The predicted octanol–water partition coefficient (Wildman–Crippen LogP) is -4.56. The summed E-state index contributed by atoms with van der Waals surface area (Å²) in [7, 11) is -3.87. The summed E-state index contributed by atoms with van der Waals surface area (Å²) in [4.78, 5) is 64.8. The van der Waals surface area contributed by atoms with Gasteiger partial charge in [-0.2, -0.15) is 0 Å². The number of nitrogens with one attached hydrogen (secondary N) is 2. The number of fused-ring (bicyclic) bond motifs is 1. The average Bonchev–Trinajstić information content (AvgIpc) is 3.31. The molecule has 1 aromatic rings. The molecule has 13 nitrogen and oxygen atoms in total. The Morgan fingerprint density at radius 3 is 2.30 bits per heavy atom. The Labute approximate surface area is 239 Å². The number of sulfonamides is 1. The summed E-state index contributed by atoms with van der Waals surface area (Å²) in [5, 5.41) is 16.0. The molecule has 37 heavy (non-hydrogen) atoms. The second-order valence-corrected chi connectivity index (χ2v) is 12.8. The fourth-order valence-electron chi connectivity index (χ4n) is 4.52. The van der Waals surface area contributed by atoms with Crippen LogP contribution in [0.25, 0.3) is 0 Å². The SMILES string of the molecule is CC1(C)S[C@@H]2[C@H](NC(=O)[C@@H](NC(=O)N3CCN(S(C)(=O)=O)C3=O)c3ccccc3)C(=O)N2[C@@H]1C(=O)[O-].[Na+]. The van der Waals surface area contributed by atoms with Crippen LogP contribution in [0.4, 0.5) is 9.59 Å². The number of imide groups is 1. The van der Waals surface area contributed by atoms with Gasteiger partial charge in [-0.15, -0.1) is 11.8 Å². The molecule has 0 radical (unpaired) electrons. The maximum Gasteiger partial charge on any atom is 1.00 e. The Balaban J connectivity index is 0.00000380. The molecule has 3 aliphatic rings. The number of carboxylic acid groups (broad SMARTS) is 1. The van der Waals surface area contributed by atoms with E-state index in [-0.39, 0.29) is 42.6 Å². The molecule has 0 spiro atoms. The van der Waals surface area contributed by atoms with Crippen molar-refractivity contribution < 1.29 is 67.1 Å². The molecule has 3 saturated heterocycles. The molecule has 0 bridgehead atoms. The number of hydrogen-bond acceptors (Lipinski definition) is 9. The number of rotatable bonds is 6. The largest absolute Gasteiger partial charge is 1.00 e. The van der Waals surface area contributed by atoms with E-state index in [0.29, 0.717) is 14.8 Å². The first-order valence-electron chi connectivity index (χ1n) is 10.9. The Hall–Kier alpha value is -2.33. The van der Waals surface area contributed by atoms with Crippen LogP contribution < -0.4 is 45.3 Å². The first-order chi connectivity index (χ1) is 16.7. The summed E-state index contributed by atoms with van der Waals surface area (Å²) in [5.41, 5.74) is 0.352. The van der Waals surface area contributed by atoms with Gasteiger partial charge in [0.2, 0.25) is 21.8 Å². The summed E-state index contributed by atoms with van der Waals surface area (Å²) in [6.45, 7) is 2.92. The number of urea groups is 2. The van der Waals surface area contributed by atoms with E-state index in [2.05, 4.69) is 10.6 Å². The van der Waals surface area contributed by atoms with Gasteiger partial charge < -0.3 is 25.4 Å². The number of β-lactam (4-membered cyclic amide) rings is 1. The van der Waals surface area contributed by atoms with Crippen LogP contribution in [0, 0.1) is 0 Å². The molecule has 0 saturated carbocycles. The fourth-order valence-corrected chi connectivity index (χ4v) is 6.94. The van der Waals surface area contributed by atoms with Crippen LogP contribution >= 0.6 is 11.8 Å². The Kier molecular flexibility index (Phi) is 8.25. The molecule has 3 heterocycles.